The second-order valence-corrected chi connectivity index (χ2v) is 10.9. The van der Waals surface area contributed by atoms with Gasteiger partial charge in [0.25, 0.3) is 0 Å². The van der Waals surface area contributed by atoms with E-state index in [0.717, 1.165) is 11.3 Å². The minimum Gasteiger partial charge on any atom is -0.500 e. The van der Waals surface area contributed by atoms with Gasteiger partial charge in [0.1, 0.15) is 5.58 Å². The van der Waals surface area contributed by atoms with Crippen molar-refractivity contribution >= 4 is 32.7 Å². The molecule has 4 heterocycles. The van der Waals surface area contributed by atoms with Gasteiger partial charge in [-0.3, -0.25) is 4.98 Å². The number of benzene rings is 3. The third kappa shape index (κ3) is 6.59. The fourth-order valence-corrected chi connectivity index (χ4v) is 4.87. The molecule has 0 aliphatic rings. The van der Waals surface area contributed by atoms with E-state index in [4.69, 9.17) is 15.4 Å². The normalized spacial score (nSPS) is 15.0. The third-order valence-corrected chi connectivity index (χ3v) is 6.59. The molecule has 217 valence electrons. The van der Waals surface area contributed by atoms with E-state index in [-0.39, 0.29) is 36.9 Å². The zero-order valence-corrected chi connectivity index (χ0v) is 26.2. The Hall–Kier alpha value is -4.18. The van der Waals surface area contributed by atoms with Gasteiger partial charge in [0.05, 0.1) is 5.58 Å². The van der Waals surface area contributed by atoms with Crippen LogP contribution < -0.4 is 0 Å². The van der Waals surface area contributed by atoms with Crippen molar-refractivity contribution in [3.63, 3.8) is 0 Å². The molecule has 0 saturated heterocycles. The molecule has 0 N–H and O–H groups in total. The van der Waals surface area contributed by atoms with Crippen LogP contribution in [-0.4, -0.2) is 15.0 Å². The largest absolute Gasteiger partial charge is 0.500 e. The summed E-state index contributed by atoms with van der Waals surface area (Å²) in [6.45, 7) is 0.257. The minimum atomic E-state index is -2.63. The summed E-state index contributed by atoms with van der Waals surface area (Å²) in [5, 5.41) is 2.00. The molecule has 0 aliphatic carbocycles. The first-order valence-corrected chi connectivity index (χ1v) is 13.5. The van der Waals surface area contributed by atoms with Crippen molar-refractivity contribution in [1.82, 2.24) is 15.0 Å². The molecule has 0 spiro atoms. The van der Waals surface area contributed by atoms with E-state index in [9.17, 15) is 0 Å². The second kappa shape index (κ2) is 12.6. The van der Waals surface area contributed by atoms with Gasteiger partial charge in [0, 0.05) is 71.0 Å². The first kappa shape index (κ1) is 21.5. The molecule has 0 aliphatic heterocycles. The summed E-state index contributed by atoms with van der Waals surface area (Å²) in [6, 6.07) is 31.6. The zero-order chi connectivity index (χ0) is 36.1. The Kier molecular flexibility index (Phi) is 6.29. The van der Waals surface area contributed by atoms with Gasteiger partial charge in [-0.05, 0) is 55.1 Å². The zero-order valence-electron chi connectivity index (χ0n) is 31.8. The number of fused-ring (bicyclic) bond motifs is 5. The number of aromatic nitrogens is 3. The van der Waals surface area contributed by atoms with Crippen molar-refractivity contribution in [2.24, 2.45) is 5.41 Å². The molecule has 7 aromatic rings. The number of nitrogens with zero attached hydrogens (tertiary/aromatic N) is 3. The molecule has 43 heavy (non-hydrogen) atoms. The average molecular weight is 748 g/mol. The molecule has 4 aromatic heterocycles. The van der Waals surface area contributed by atoms with Gasteiger partial charge in [-0.2, -0.15) is 0 Å². The molecule has 0 saturated carbocycles. The predicted octanol–water partition coefficient (Wildman–Crippen LogP) is 9.75. The molecule has 0 atom stereocenters. The van der Waals surface area contributed by atoms with Crippen LogP contribution in [0.5, 0.6) is 0 Å². The maximum absolute atomic E-state index is 8.67. The molecule has 0 amide bonds. The van der Waals surface area contributed by atoms with Crippen LogP contribution in [0.2, 0.25) is 0 Å². The molecule has 1 radical (unpaired) electrons. The van der Waals surface area contributed by atoms with E-state index in [0.29, 0.717) is 44.1 Å². The molecule has 0 unspecified atom stereocenters. The molecule has 3 aromatic carbocycles. The Balaban J connectivity index is 0.000000327. The Morgan fingerprint density at radius 3 is 2.33 bits per heavy atom. The number of hydrogen-bond acceptors (Lipinski definition) is 4. The quantitative estimate of drug-likeness (QED) is 0.169. The van der Waals surface area contributed by atoms with E-state index in [2.05, 4.69) is 27.1 Å². The van der Waals surface area contributed by atoms with Crippen LogP contribution in [-0.2, 0) is 26.5 Å². The fraction of sp³-hybridized carbons (Fsp3) is 0.184. The molecule has 0 bridgehead atoms. The smallest absolute Gasteiger partial charge is 0.128 e. The topological polar surface area (TPSA) is 51.8 Å². The number of aryl methyl sites for hydroxylation is 2. The SMILES string of the molecule is [2H]C([2H])([2H])c1cc2c(ccc3c4cc[c-]c(-c5cc(C([2H])([2H])C(C)(C)C)ccn5)c4oc23)c(C([2H])([2H])[2H])n1.[Ir].[c-]1ccccc1-c1ccccn1. The monoisotopic (exact) mass is 748 g/mol. The first-order valence-electron chi connectivity index (χ1n) is 17.5. The molecule has 4 nitrogen and oxygen atoms in total. The summed E-state index contributed by atoms with van der Waals surface area (Å²) in [7, 11) is 0. The van der Waals surface area contributed by atoms with Gasteiger partial charge >= 0.3 is 0 Å². The third-order valence-electron chi connectivity index (χ3n) is 6.59. The predicted molar refractivity (Wildman–Crippen MR) is 172 cm³/mol. The van der Waals surface area contributed by atoms with E-state index in [1.807, 2.05) is 69.3 Å². The number of hydrogen-bond donors (Lipinski definition) is 0. The van der Waals surface area contributed by atoms with Crippen LogP contribution in [0.15, 0.2) is 102 Å². The van der Waals surface area contributed by atoms with Crippen LogP contribution in [0.25, 0.3) is 55.2 Å². The van der Waals surface area contributed by atoms with Crippen LogP contribution in [0.1, 0.15) is 48.7 Å². The molecule has 7 rings (SSSR count). The Labute approximate surface area is 277 Å². The minimum absolute atomic E-state index is 0. The molecular weight excluding hydrogens is 707 g/mol. The second-order valence-electron chi connectivity index (χ2n) is 10.9. The van der Waals surface area contributed by atoms with Gasteiger partial charge in [0.15, 0.2) is 0 Å². The van der Waals surface area contributed by atoms with Crippen molar-refractivity contribution in [1.29, 1.82) is 0 Å². The van der Waals surface area contributed by atoms with Crippen LogP contribution in [0, 0.1) is 31.3 Å². The first-order chi connectivity index (χ1) is 23.5. The van der Waals surface area contributed by atoms with Crippen molar-refractivity contribution < 1.29 is 35.5 Å². The van der Waals surface area contributed by atoms with E-state index in [1.165, 1.54) is 6.07 Å². The van der Waals surface area contributed by atoms with Crippen molar-refractivity contribution in [2.45, 2.75) is 40.8 Å². The number of rotatable bonds is 3. The van der Waals surface area contributed by atoms with Gasteiger partial charge in [-0.15, -0.1) is 54.1 Å². The summed E-state index contributed by atoms with van der Waals surface area (Å²) in [6.07, 6.45) is 1.71. The molecular formula is C38H33IrN3O-2. The standard InChI is InChI=1S/C27H25N2O.C11H8N.Ir/c1-16-13-23-19(17(2)29-16)9-10-21-20-7-6-8-22(25(20)30-26(21)23)24-14-18(11-12-28-24)15-27(3,4)5;1-2-6-10(7-3-1)11-8-4-5-9-12-11;/h6-7,9-14H,15H2,1-5H3;1-6,8-9H;/q2*-1;/i1D3,2D3,15D2;;. The van der Waals surface area contributed by atoms with Crippen molar-refractivity contribution in [3.8, 4) is 22.5 Å². The Bertz CT molecular complexity index is 2280. The fourth-order valence-electron chi connectivity index (χ4n) is 4.87. The summed E-state index contributed by atoms with van der Waals surface area (Å²) in [5.74, 6) is 0. The maximum Gasteiger partial charge on any atom is 0.128 e. The van der Waals surface area contributed by atoms with Crippen LogP contribution >= 0.6 is 0 Å². The van der Waals surface area contributed by atoms with Crippen LogP contribution in [0.4, 0.5) is 0 Å². The number of pyridine rings is 3. The summed E-state index contributed by atoms with van der Waals surface area (Å²) in [5.41, 5.74) is 2.94. The Morgan fingerprint density at radius 1 is 0.767 bits per heavy atom. The molecule has 5 heteroatoms. The van der Waals surface area contributed by atoms with Crippen molar-refractivity contribution in [2.75, 3.05) is 0 Å². The maximum atomic E-state index is 8.67. The van der Waals surface area contributed by atoms with Gasteiger partial charge in [-0.1, -0.05) is 67.6 Å². The van der Waals surface area contributed by atoms with Crippen molar-refractivity contribution in [3.05, 3.63) is 126 Å². The van der Waals surface area contributed by atoms with Crippen LogP contribution in [0.3, 0.4) is 0 Å². The summed E-state index contributed by atoms with van der Waals surface area (Å²) in [4.78, 5) is 12.7. The van der Waals surface area contributed by atoms with E-state index in [1.54, 1.807) is 42.7 Å². The summed E-state index contributed by atoms with van der Waals surface area (Å²) >= 11 is 0. The van der Waals surface area contributed by atoms with Gasteiger partial charge in [0.2, 0.25) is 0 Å². The molecule has 0 fully saturated rings. The Morgan fingerprint density at radius 2 is 1.58 bits per heavy atom. The summed E-state index contributed by atoms with van der Waals surface area (Å²) < 4.78 is 71.0. The average Bonchev–Trinajstić information content (AvgIpc) is 3.47. The van der Waals surface area contributed by atoms with E-state index < -0.39 is 25.5 Å². The van der Waals surface area contributed by atoms with E-state index >= 15 is 0 Å². The number of furan rings is 1. The van der Waals surface area contributed by atoms with Gasteiger partial charge in [-0.25, -0.2) is 0 Å². The van der Waals surface area contributed by atoms with Gasteiger partial charge < -0.3 is 14.4 Å².